The molecule has 0 aliphatic carbocycles. The minimum absolute atomic E-state index is 0.168. The van der Waals surface area contributed by atoms with Crippen LogP contribution in [0.5, 0.6) is 0 Å². The molecule has 0 aromatic carbocycles. The first-order valence-electron chi connectivity index (χ1n) is 5.61. The number of aromatic nitrogens is 2. The average Bonchev–Trinajstić information content (AvgIpc) is 3.03. The molecule has 0 radical (unpaired) electrons. The molecule has 0 aliphatic rings. The highest BCUT2D eigenvalue weighted by atomic mass is 32.1. The molecule has 19 heavy (non-hydrogen) atoms. The summed E-state index contributed by atoms with van der Waals surface area (Å²) in [5.41, 5.74) is 1.81. The third-order valence-corrected chi connectivity index (χ3v) is 4.86. The summed E-state index contributed by atoms with van der Waals surface area (Å²) in [6.45, 7) is 4.17. The number of nitrogens with one attached hydrogen (secondary N) is 1. The lowest BCUT2D eigenvalue weighted by Crippen LogP contribution is -2.21. The fourth-order valence-corrected chi connectivity index (χ4v) is 4.06. The molecule has 3 aromatic heterocycles. The molecule has 3 heterocycles. The quantitative estimate of drug-likeness (QED) is 0.586. The van der Waals surface area contributed by atoms with E-state index in [4.69, 9.17) is 12.2 Å². The van der Waals surface area contributed by atoms with Gasteiger partial charge in [0.2, 0.25) is 0 Å². The first-order chi connectivity index (χ1) is 9.22. The highest BCUT2D eigenvalue weighted by molar-refractivity contribution is 7.71. The molecule has 3 aromatic rings. The fraction of sp³-hybridized carbons (Fsp3) is 0.0769. The minimum Gasteiger partial charge on any atom is -0.332 e. The highest BCUT2D eigenvalue weighted by Crippen LogP contribution is 2.34. The maximum Gasteiger partial charge on any atom is 0.286 e. The van der Waals surface area contributed by atoms with Gasteiger partial charge in [-0.15, -0.1) is 29.3 Å². The SMILES string of the molecule is C=CCn1c(=O)c(=S)[nH]c2scc(-c3cccs3)c21. The number of aromatic amines is 1. The fourth-order valence-electron chi connectivity index (χ4n) is 2.00. The predicted octanol–water partition coefficient (Wildman–Crippen LogP) is 4.04. The largest absolute Gasteiger partial charge is 0.332 e. The van der Waals surface area contributed by atoms with Gasteiger partial charge in [-0.2, -0.15) is 0 Å². The summed E-state index contributed by atoms with van der Waals surface area (Å²) in [5.74, 6) is 0. The Morgan fingerprint density at radius 2 is 2.32 bits per heavy atom. The third-order valence-electron chi connectivity index (χ3n) is 2.80. The second-order valence-electron chi connectivity index (χ2n) is 3.96. The van der Waals surface area contributed by atoms with Crippen LogP contribution < -0.4 is 5.56 Å². The number of rotatable bonds is 3. The van der Waals surface area contributed by atoms with Crippen molar-refractivity contribution < 1.29 is 0 Å². The summed E-state index contributed by atoms with van der Waals surface area (Å²) in [7, 11) is 0. The van der Waals surface area contributed by atoms with Crippen molar-refractivity contribution in [3.63, 3.8) is 0 Å². The molecular formula is C13H10N2OS3. The summed E-state index contributed by atoms with van der Waals surface area (Å²) in [4.78, 5) is 17.3. The molecule has 3 rings (SSSR count). The lowest BCUT2D eigenvalue weighted by Gasteiger charge is -2.06. The first-order valence-corrected chi connectivity index (χ1v) is 7.78. The van der Waals surface area contributed by atoms with Gasteiger partial charge < -0.3 is 4.98 Å². The number of thiophene rings is 2. The standard InChI is InChI=1S/C13H10N2OS3/c1-2-5-15-10-8(9-4-3-6-18-9)7-19-12(10)14-11(17)13(15)16/h2-4,6-7H,1,5H2,(H,14,17). The Morgan fingerprint density at radius 1 is 1.47 bits per heavy atom. The van der Waals surface area contributed by atoms with Crippen LogP contribution in [-0.2, 0) is 6.54 Å². The van der Waals surface area contributed by atoms with Crippen molar-refractivity contribution in [1.29, 1.82) is 0 Å². The normalized spacial score (nSPS) is 10.9. The second kappa shape index (κ2) is 4.88. The van der Waals surface area contributed by atoms with E-state index in [0.29, 0.717) is 6.54 Å². The molecule has 96 valence electrons. The summed E-state index contributed by atoms with van der Waals surface area (Å²) < 4.78 is 1.93. The lowest BCUT2D eigenvalue weighted by atomic mass is 10.2. The van der Waals surface area contributed by atoms with Crippen LogP contribution in [0.1, 0.15) is 0 Å². The Hall–Kier alpha value is -1.50. The summed E-state index contributed by atoms with van der Waals surface area (Å²) in [5, 5.41) is 4.08. The van der Waals surface area contributed by atoms with Gasteiger partial charge in [-0.3, -0.25) is 9.36 Å². The van der Waals surface area contributed by atoms with E-state index in [1.54, 1.807) is 33.3 Å². The van der Waals surface area contributed by atoms with Crippen LogP contribution in [0, 0.1) is 4.64 Å². The topological polar surface area (TPSA) is 37.8 Å². The molecule has 0 unspecified atom stereocenters. The number of H-pyrrole nitrogens is 1. The van der Waals surface area contributed by atoms with Crippen LogP contribution in [0.25, 0.3) is 20.8 Å². The van der Waals surface area contributed by atoms with Gasteiger partial charge in [0.05, 0.1) is 5.52 Å². The molecular weight excluding hydrogens is 296 g/mol. The van der Waals surface area contributed by atoms with Crippen LogP contribution in [-0.4, -0.2) is 9.55 Å². The van der Waals surface area contributed by atoms with Crippen molar-refractivity contribution in [2.45, 2.75) is 6.54 Å². The number of nitrogens with zero attached hydrogens (tertiary/aromatic N) is 1. The number of fused-ring (bicyclic) bond motifs is 1. The molecule has 6 heteroatoms. The van der Waals surface area contributed by atoms with E-state index in [1.165, 1.54) is 0 Å². The van der Waals surface area contributed by atoms with Gasteiger partial charge in [0.15, 0.2) is 4.64 Å². The minimum atomic E-state index is -0.168. The first kappa shape index (κ1) is 12.5. The monoisotopic (exact) mass is 306 g/mol. The van der Waals surface area contributed by atoms with E-state index in [2.05, 4.69) is 23.0 Å². The van der Waals surface area contributed by atoms with Gasteiger partial charge in [-0.05, 0) is 11.4 Å². The van der Waals surface area contributed by atoms with Gasteiger partial charge in [0.1, 0.15) is 4.83 Å². The van der Waals surface area contributed by atoms with Crippen molar-refractivity contribution in [2.24, 2.45) is 0 Å². The van der Waals surface area contributed by atoms with E-state index in [9.17, 15) is 4.79 Å². The Labute approximate surface area is 122 Å². The van der Waals surface area contributed by atoms with Gasteiger partial charge in [0, 0.05) is 22.4 Å². The molecule has 0 fully saturated rings. The molecule has 0 spiro atoms. The maximum atomic E-state index is 12.2. The molecule has 0 aliphatic heterocycles. The molecule has 0 saturated heterocycles. The van der Waals surface area contributed by atoms with Crippen LogP contribution >= 0.6 is 34.9 Å². The van der Waals surface area contributed by atoms with Gasteiger partial charge in [-0.1, -0.05) is 24.4 Å². The van der Waals surface area contributed by atoms with Gasteiger partial charge in [0.25, 0.3) is 5.56 Å². The van der Waals surface area contributed by atoms with E-state index in [-0.39, 0.29) is 10.2 Å². The van der Waals surface area contributed by atoms with E-state index < -0.39 is 0 Å². The van der Waals surface area contributed by atoms with E-state index in [0.717, 1.165) is 20.8 Å². The number of hydrogen-bond acceptors (Lipinski definition) is 4. The van der Waals surface area contributed by atoms with E-state index >= 15 is 0 Å². The smallest absolute Gasteiger partial charge is 0.286 e. The molecule has 0 saturated carbocycles. The highest BCUT2D eigenvalue weighted by Gasteiger charge is 2.13. The lowest BCUT2D eigenvalue weighted by molar-refractivity contribution is 0.808. The second-order valence-corrected chi connectivity index (χ2v) is 6.20. The van der Waals surface area contributed by atoms with Crippen molar-refractivity contribution >= 4 is 45.2 Å². The van der Waals surface area contributed by atoms with Crippen LogP contribution in [0.2, 0.25) is 0 Å². The maximum absolute atomic E-state index is 12.2. The number of hydrogen-bond donors (Lipinski definition) is 1. The number of allylic oxidation sites excluding steroid dienone is 1. The summed E-state index contributed by atoms with van der Waals surface area (Å²) in [6.07, 6.45) is 1.71. The van der Waals surface area contributed by atoms with Gasteiger partial charge >= 0.3 is 0 Å². The zero-order valence-electron chi connectivity index (χ0n) is 9.88. The summed E-state index contributed by atoms with van der Waals surface area (Å²) >= 11 is 8.30. The third kappa shape index (κ3) is 2.01. The van der Waals surface area contributed by atoms with Gasteiger partial charge in [-0.25, -0.2) is 0 Å². The van der Waals surface area contributed by atoms with E-state index in [1.807, 2.05) is 11.4 Å². The molecule has 1 N–H and O–H groups in total. The van der Waals surface area contributed by atoms with Crippen molar-refractivity contribution in [2.75, 3.05) is 0 Å². The van der Waals surface area contributed by atoms with Crippen LogP contribution in [0.4, 0.5) is 0 Å². The Kier molecular flexibility index (Phi) is 3.22. The average molecular weight is 306 g/mol. The van der Waals surface area contributed by atoms with Crippen LogP contribution in [0.3, 0.4) is 0 Å². The summed E-state index contributed by atoms with van der Waals surface area (Å²) in [6, 6.07) is 4.06. The molecule has 0 atom stereocenters. The van der Waals surface area contributed by atoms with Crippen molar-refractivity contribution in [1.82, 2.24) is 9.55 Å². The predicted molar refractivity (Wildman–Crippen MR) is 84.8 cm³/mol. The molecule has 0 amide bonds. The Balaban J connectivity index is 2.44. The zero-order chi connectivity index (χ0) is 13.4. The van der Waals surface area contributed by atoms with Crippen molar-refractivity contribution in [3.8, 4) is 10.4 Å². The van der Waals surface area contributed by atoms with Crippen LogP contribution in [0.15, 0.2) is 40.3 Å². The Bertz CT molecular complexity index is 852. The molecule has 3 nitrogen and oxygen atoms in total. The molecule has 0 bridgehead atoms. The zero-order valence-corrected chi connectivity index (χ0v) is 12.3. The Morgan fingerprint density at radius 3 is 3.00 bits per heavy atom. The van der Waals surface area contributed by atoms with Crippen molar-refractivity contribution in [3.05, 3.63) is 50.5 Å².